The summed E-state index contributed by atoms with van der Waals surface area (Å²) in [5, 5.41) is 12.3. The van der Waals surface area contributed by atoms with Crippen LogP contribution in [0.5, 0.6) is 0 Å². The van der Waals surface area contributed by atoms with Gasteiger partial charge in [-0.1, -0.05) is 46.3 Å². The number of anilines is 1. The lowest BCUT2D eigenvalue weighted by Crippen LogP contribution is -2.41. The molecule has 0 unspecified atom stereocenters. The van der Waals surface area contributed by atoms with E-state index in [4.69, 9.17) is 23.2 Å². The van der Waals surface area contributed by atoms with Crippen LogP contribution in [0.3, 0.4) is 0 Å². The van der Waals surface area contributed by atoms with E-state index < -0.39 is 17.7 Å². The topological polar surface area (TPSA) is 100.0 Å². The molecule has 0 fully saturated rings. The van der Waals surface area contributed by atoms with Gasteiger partial charge >= 0.3 is 6.18 Å². The summed E-state index contributed by atoms with van der Waals surface area (Å²) in [6.45, 7) is 0.565. The maximum Gasteiger partial charge on any atom is 0.416 e. The van der Waals surface area contributed by atoms with Gasteiger partial charge in [-0.2, -0.15) is 18.4 Å². The molecule has 4 aromatic rings. The van der Waals surface area contributed by atoms with Gasteiger partial charge in [-0.25, -0.2) is 4.98 Å². The van der Waals surface area contributed by atoms with Crippen LogP contribution in [-0.2, 0) is 30.5 Å². The Bertz CT molecular complexity index is 1620. The van der Waals surface area contributed by atoms with Gasteiger partial charge in [0.15, 0.2) is 5.11 Å². The molecule has 3 aromatic carbocycles. The number of rotatable bonds is 12. The van der Waals surface area contributed by atoms with Gasteiger partial charge in [0.25, 0.3) is 0 Å². The van der Waals surface area contributed by atoms with Crippen molar-refractivity contribution in [1.82, 2.24) is 14.5 Å². The summed E-state index contributed by atoms with van der Waals surface area (Å²) < 4.78 is 44.3. The average Bonchev–Trinajstić information content (AvgIpc) is 3.43. The molecule has 0 saturated heterocycles. The Morgan fingerprint density at radius 1 is 1.11 bits per heavy atom. The minimum atomic E-state index is -4.55. The first-order valence-corrected chi connectivity index (χ1v) is 14.9. The molecule has 12 heteroatoms. The fraction of sp³-hybridized carbons (Fsp3) is 0.250. The Morgan fingerprint density at radius 3 is 2.48 bits per heavy atom. The lowest BCUT2D eigenvalue weighted by molar-refractivity contribution is -0.138. The molecule has 44 heavy (non-hydrogen) atoms. The highest BCUT2D eigenvalue weighted by atomic mass is 79.9. The van der Waals surface area contributed by atoms with E-state index in [1.165, 1.54) is 12.1 Å². The van der Waals surface area contributed by atoms with Crippen molar-refractivity contribution >= 4 is 44.7 Å². The molecule has 0 saturated carbocycles. The molecule has 3 N–H and O–H groups in total. The van der Waals surface area contributed by atoms with Crippen molar-refractivity contribution in [3.8, 4) is 6.07 Å². The van der Waals surface area contributed by atoms with Crippen LogP contribution in [0, 0.1) is 17.2 Å². The number of carbonyl (C=O) groups excluding carboxylic acids is 1. The fourth-order valence-corrected chi connectivity index (χ4v) is 5.28. The number of Topliss-reactive ketones (excluding diaryl/α,β-unsaturated/α-hetero) is 1. The normalized spacial score (nSPS) is 11.9. The molecule has 0 aliphatic carbocycles. The Labute approximate surface area is 267 Å². The van der Waals surface area contributed by atoms with Gasteiger partial charge < -0.3 is 20.5 Å². The first-order valence-electron chi connectivity index (χ1n) is 13.7. The molecular formula is C32H30BrF3N6OS. The maximum absolute atomic E-state index is 13.9. The number of imidazole rings is 1. The molecule has 0 radical (unpaired) electrons. The number of halogens is 4. The SMILES string of the molecule is N#Cc1ccc(Cn2cncc2CC(=O)[C@@H](CCN)CN(Cc2ccccc2C(F)(F)F)C(=S)Nc2ccc(Br)cc2)cc1. The number of alkyl halides is 3. The molecule has 0 amide bonds. The van der Waals surface area contributed by atoms with Crippen molar-refractivity contribution < 1.29 is 18.0 Å². The average molecular weight is 684 g/mol. The number of hydrogen-bond acceptors (Lipinski definition) is 5. The van der Waals surface area contributed by atoms with E-state index >= 15 is 0 Å². The molecule has 0 spiro atoms. The summed E-state index contributed by atoms with van der Waals surface area (Å²) >= 11 is 9.07. The van der Waals surface area contributed by atoms with Crippen LogP contribution in [0.1, 0.15) is 34.4 Å². The first-order chi connectivity index (χ1) is 21.1. The van der Waals surface area contributed by atoms with Crippen molar-refractivity contribution in [2.24, 2.45) is 11.7 Å². The van der Waals surface area contributed by atoms with Gasteiger partial charge in [-0.3, -0.25) is 4.79 Å². The van der Waals surface area contributed by atoms with Gasteiger partial charge in [0, 0.05) is 54.0 Å². The zero-order valence-electron chi connectivity index (χ0n) is 23.6. The minimum absolute atomic E-state index is 0.0411. The maximum atomic E-state index is 13.9. The summed E-state index contributed by atoms with van der Waals surface area (Å²) in [6.07, 6.45) is -0.918. The van der Waals surface area contributed by atoms with E-state index in [9.17, 15) is 18.0 Å². The summed E-state index contributed by atoms with van der Waals surface area (Å²) in [6, 6.07) is 21.8. The molecular weight excluding hydrogens is 653 g/mol. The number of nitrogens with two attached hydrogens (primary N) is 1. The van der Waals surface area contributed by atoms with E-state index in [1.807, 2.05) is 28.8 Å². The lowest BCUT2D eigenvalue weighted by Gasteiger charge is -2.30. The van der Waals surface area contributed by atoms with E-state index in [0.29, 0.717) is 29.9 Å². The molecule has 7 nitrogen and oxygen atoms in total. The first kappa shape index (κ1) is 32.9. The summed E-state index contributed by atoms with van der Waals surface area (Å²) in [5.41, 5.74) is 8.02. The number of carbonyl (C=O) groups is 1. The fourth-order valence-electron chi connectivity index (χ4n) is 4.76. The molecule has 0 aliphatic rings. The standard InChI is InChI=1S/C32H30BrF3N6OS/c33-26-9-11-27(12-10-26)40-31(44)41(19-24-3-1-2-4-29(24)32(34,35)36)20-25(13-14-37)30(43)15-28-17-39-21-42(28)18-23-7-5-22(16-38)6-8-23/h1-12,17,21,25H,13-15,18-20,37H2,(H,40,44)/t25-/m0/s1. The third-order valence-electron chi connectivity index (χ3n) is 7.07. The van der Waals surface area contributed by atoms with E-state index in [1.54, 1.807) is 47.8 Å². The summed E-state index contributed by atoms with van der Waals surface area (Å²) in [5.74, 6) is -0.737. The lowest BCUT2D eigenvalue weighted by atomic mass is 9.95. The highest BCUT2D eigenvalue weighted by Gasteiger charge is 2.34. The quantitative estimate of drug-likeness (QED) is 0.163. The second-order valence-electron chi connectivity index (χ2n) is 10.2. The van der Waals surface area contributed by atoms with E-state index in [2.05, 4.69) is 32.3 Å². The van der Waals surface area contributed by atoms with Gasteiger partial charge in [-0.15, -0.1) is 0 Å². The largest absolute Gasteiger partial charge is 0.416 e. The zero-order valence-corrected chi connectivity index (χ0v) is 26.0. The predicted molar refractivity (Wildman–Crippen MR) is 171 cm³/mol. The predicted octanol–water partition coefficient (Wildman–Crippen LogP) is 6.56. The van der Waals surface area contributed by atoms with E-state index in [-0.39, 0.29) is 42.5 Å². The second kappa shape index (κ2) is 15.1. The number of hydrogen-bond donors (Lipinski definition) is 2. The zero-order chi connectivity index (χ0) is 31.7. The third-order valence-corrected chi connectivity index (χ3v) is 7.96. The minimum Gasteiger partial charge on any atom is -0.344 e. The Balaban J connectivity index is 1.56. The van der Waals surface area contributed by atoms with E-state index in [0.717, 1.165) is 16.1 Å². The molecule has 1 heterocycles. The van der Waals surface area contributed by atoms with Crippen LogP contribution in [0.4, 0.5) is 18.9 Å². The Morgan fingerprint density at radius 2 is 1.82 bits per heavy atom. The van der Waals surface area contributed by atoms with Crippen LogP contribution >= 0.6 is 28.1 Å². The van der Waals surface area contributed by atoms with Crippen molar-refractivity contribution in [3.63, 3.8) is 0 Å². The van der Waals surface area contributed by atoms with Crippen molar-refractivity contribution in [1.29, 1.82) is 5.26 Å². The molecule has 0 bridgehead atoms. The number of ketones is 1. The highest BCUT2D eigenvalue weighted by molar-refractivity contribution is 9.10. The van der Waals surface area contributed by atoms with Gasteiger partial charge in [0.1, 0.15) is 5.78 Å². The summed E-state index contributed by atoms with van der Waals surface area (Å²) in [7, 11) is 0. The molecule has 0 aliphatic heterocycles. The number of benzene rings is 3. The van der Waals surface area contributed by atoms with Gasteiger partial charge in [0.2, 0.25) is 0 Å². The Hall–Kier alpha value is -4.05. The monoisotopic (exact) mass is 682 g/mol. The molecule has 228 valence electrons. The van der Waals surface area contributed by atoms with Crippen LogP contribution in [0.2, 0.25) is 0 Å². The van der Waals surface area contributed by atoms with Gasteiger partial charge in [0.05, 0.1) is 23.5 Å². The highest BCUT2D eigenvalue weighted by Crippen LogP contribution is 2.33. The smallest absolute Gasteiger partial charge is 0.344 e. The number of nitriles is 1. The van der Waals surface area contributed by atoms with Crippen molar-refractivity contribution in [3.05, 3.63) is 118 Å². The second-order valence-corrected chi connectivity index (χ2v) is 11.5. The van der Waals surface area contributed by atoms with Crippen LogP contribution in [-0.4, -0.2) is 38.4 Å². The van der Waals surface area contributed by atoms with Crippen LogP contribution in [0.25, 0.3) is 0 Å². The van der Waals surface area contributed by atoms with Crippen molar-refractivity contribution in [2.45, 2.75) is 32.1 Å². The van der Waals surface area contributed by atoms with Crippen molar-refractivity contribution in [2.75, 3.05) is 18.4 Å². The number of thiocarbonyl (C=S) groups is 1. The number of nitrogens with one attached hydrogen (secondary N) is 1. The number of nitrogens with zero attached hydrogens (tertiary/aromatic N) is 4. The molecule has 1 atom stereocenters. The van der Waals surface area contributed by atoms with Crippen LogP contribution in [0.15, 0.2) is 89.8 Å². The van der Waals surface area contributed by atoms with Gasteiger partial charge in [-0.05, 0) is 78.8 Å². The molecule has 1 aromatic heterocycles. The van der Waals surface area contributed by atoms with Crippen LogP contribution < -0.4 is 11.1 Å². The molecule has 4 rings (SSSR count). The summed E-state index contributed by atoms with van der Waals surface area (Å²) in [4.78, 5) is 19.5. The third kappa shape index (κ3) is 8.98. The Kier molecular flexibility index (Phi) is 11.3. The number of aromatic nitrogens is 2.